The molecule has 2 heterocycles. The third-order valence-electron chi connectivity index (χ3n) is 4.74. The van der Waals surface area contributed by atoms with Gasteiger partial charge in [0.25, 0.3) is 5.91 Å². The molecule has 2 aromatic rings. The van der Waals surface area contributed by atoms with Gasteiger partial charge in [0, 0.05) is 56.1 Å². The normalized spacial score (nSPS) is 14.8. The van der Waals surface area contributed by atoms with Crippen LogP contribution >= 0.6 is 11.8 Å². The number of pyridine rings is 1. The van der Waals surface area contributed by atoms with E-state index in [4.69, 9.17) is 0 Å². The van der Waals surface area contributed by atoms with Crippen LogP contribution in [0.15, 0.2) is 53.7 Å². The van der Waals surface area contributed by atoms with E-state index < -0.39 is 0 Å². The molecule has 1 aliphatic rings. The predicted molar refractivity (Wildman–Crippen MR) is 116 cm³/mol. The van der Waals surface area contributed by atoms with Crippen LogP contribution in [0.3, 0.4) is 0 Å². The highest BCUT2D eigenvalue weighted by molar-refractivity contribution is 8.00. The Morgan fingerprint density at radius 1 is 1.07 bits per heavy atom. The van der Waals surface area contributed by atoms with Crippen LogP contribution in [0.5, 0.6) is 0 Å². The molecule has 1 N–H and O–H groups in total. The summed E-state index contributed by atoms with van der Waals surface area (Å²) in [7, 11) is 0. The fourth-order valence-corrected chi connectivity index (χ4v) is 4.16. The number of piperazine rings is 1. The van der Waals surface area contributed by atoms with Crippen molar-refractivity contribution in [3.05, 3.63) is 59.9 Å². The van der Waals surface area contributed by atoms with Crippen molar-refractivity contribution in [2.75, 3.05) is 31.9 Å². The van der Waals surface area contributed by atoms with Gasteiger partial charge in [0.15, 0.2) is 0 Å². The first kappa shape index (κ1) is 21.3. The van der Waals surface area contributed by atoms with Gasteiger partial charge in [-0.1, -0.05) is 12.1 Å². The van der Waals surface area contributed by atoms with Gasteiger partial charge in [0.2, 0.25) is 5.91 Å². The SMILES string of the molecule is CC(C)NC(=O)CSc1ccccc1C(=O)N1CCN(Cc2ccncc2)CC1. The molecule has 6 nitrogen and oxygen atoms in total. The molecule has 2 amide bonds. The molecule has 1 aliphatic heterocycles. The highest BCUT2D eigenvalue weighted by Crippen LogP contribution is 2.24. The van der Waals surface area contributed by atoms with Crippen LogP contribution in [0.4, 0.5) is 0 Å². The summed E-state index contributed by atoms with van der Waals surface area (Å²) >= 11 is 1.42. The zero-order chi connectivity index (χ0) is 20.6. The monoisotopic (exact) mass is 412 g/mol. The number of rotatable bonds is 7. The summed E-state index contributed by atoms with van der Waals surface area (Å²) in [4.78, 5) is 34.2. The van der Waals surface area contributed by atoms with E-state index in [0.29, 0.717) is 24.4 Å². The lowest BCUT2D eigenvalue weighted by molar-refractivity contribution is -0.119. The van der Waals surface area contributed by atoms with Crippen LogP contribution in [-0.4, -0.2) is 64.6 Å². The number of hydrogen-bond donors (Lipinski definition) is 1. The molecule has 1 saturated heterocycles. The van der Waals surface area contributed by atoms with Crippen LogP contribution in [0.2, 0.25) is 0 Å². The zero-order valence-corrected chi connectivity index (χ0v) is 17.8. The maximum Gasteiger partial charge on any atom is 0.255 e. The Hall–Kier alpha value is -2.38. The highest BCUT2D eigenvalue weighted by Gasteiger charge is 2.24. The van der Waals surface area contributed by atoms with E-state index in [1.54, 1.807) is 0 Å². The van der Waals surface area contributed by atoms with Crippen molar-refractivity contribution in [2.45, 2.75) is 31.3 Å². The van der Waals surface area contributed by atoms with Crippen molar-refractivity contribution >= 4 is 23.6 Å². The minimum Gasteiger partial charge on any atom is -0.353 e. The van der Waals surface area contributed by atoms with Crippen molar-refractivity contribution in [1.29, 1.82) is 0 Å². The van der Waals surface area contributed by atoms with E-state index in [-0.39, 0.29) is 17.9 Å². The van der Waals surface area contributed by atoms with Gasteiger partial charge in [-0.25, -0.2) is 0 Å². The van der Waals surface area contributed by atoms with Gasteiger partial charge in [-0.15, -0.1) is 11.8 Å². The number of nitrogens with zero attached hydrogens (tertiary/aromatic N) is 3. The van der Waals surface area contributed by atoms with Crippen LogP contribution in [-0.2, 0) is 11.3 Å². The van der Waals surface area contributed by atoms with E-state index in [9.17, 15) is 9.59 Å². The fraction of sp³-hybridized carbons (Fsp3) is 0.409. The van der Waals surface area contributed by atoms with E-state index in [0.717, 1.165) is 24.5 Å². The molecule has 0 atom stereocenters. The number of amides is 2. The van der Waals surface area contributed by atoms with Crippen molar-refractivity contribution < 1.29 is 9.59 Å². The second-order valence-electron chi connectivity index (χ2n) is 7.43. The van der Waals surface area contributed by atoms with Crippen LogP contribution in [0, 0.1) is 0 Å². The van der Waals surface area contributed by atoms with E-state index in [1.807, 2.05) is 67.5 Å². The lowest BCUT2D eigenvalue weighted by Gasteiger charge is -2.35. The molecule has 3 rings (SSSR count). The molecular formula is C22H28N4O2S. The number of carbonyl (C=O) groups is 2. The lowest BCUT2D eigenvalue weighted by atomic mass is 10.1. The van der Waals surface area contributed by atoms with E-state index >= 15 is 0 Å². The standard InChI is InChI=1S/C22H28N4O2S/c1-17(2)24-21(27)16-29-20-6-4-3-5-19(20)22(28)26-13-11-25(12-14-26)15-18-7-9-23-10-8-18/h3-10,17H,11-16H2,1-2H3,(H,24,27). The van der Waals surface area contributed by atoms with Crippen LogP contribution < -0.4 is 5.32 Å². The van der Waals surface area contributed by atoms with Crippen molar-refractivity contribution in [2.24, 2.45) is 0 Å². The van der Waals surface area contributed by atoms with E-state index in [1.165, 1.54) is 17.3 Å². The molecule has 0 aliphatic carbocycles. The quantitative estimate of drug-likeness (QED) is 0.709. The predicted octanol–water partition coefficient (Wildman–Crippen LogP) is 2.66. The Labute approximate surface area is 176 Å². The number of hydrogen-bond acceptors (Lipinski definition) is 5. The molecule has 0 radical (unpaired) electrons. The summed E-state index contributed by atoms with van der Waals surface area (Å²) in [6, 6.07) is 11.7. The molecule has 0 unspecified atom stereocenters. The Kier molecular flexibility index (Phi) is 7.66. The number of nitrogens with one attached hydrogen (secondary N) is 1. The molecule has 1 aromatic heterocycles. The Morgan fingerprint density at radius 2 is 1.76 bits per heavy atom. The first-order valence-electron chi connectivity index (χ1n) is 9.94. The van der Waals surface area contributed by atoms with Crippen LogP contribution in [0.1, 0.15) is 29.8 Å². The fourth-order valence-electron chi connectivity index (χ4n) is 3.30. The van der Waals surface area contributed by atoms with Crippen LogP contribution in [0.25, 0.3) is 0 Å². The Bertz CT molecular complexity index is 821. The van der Waals surface area contributed by atoms with Gasteiger partial charge < -0.3 is 10.2 Å². The number of benzene rings is 1. The largest absolute Gasteiger partial charge is 0.353 e. The minimum atomic E-state index is -0.0167. The van der Waals surface area contributed by atoms with Gasteiger partial charge in [0.1, 0.15) is 0 Å². The Morgan fingerprint density at radius 3 is 2.45 bits per heavy atom. The summed E-state index contributed by atoms with van der Waals surface area (Å²) in [5.74, 6) is 0.334. The average Bonchev–Trinajstić information content (AvgIpc) is 2.73. The summed E-state index contributed by atoms with van der Waals surface area (Å²) < 4.78 is 0. The molecular weight excluding hydrogens is 384 g/mol. The zero-order valence-electron chi connectivity index (χ0n) is 17.0. The number of carbonyl (C=O) groups excluding carboxylic acids is 2. The topological polar surface area (TPSA) is 65.5 Å². The average molecular weight is 413 g/mol. The number of aromatic nitrogens is 1. The summed E-state index contributed by atoms with van der Waals surface area (Å²) in [5, 5.41) is 2.89. The van der Waals surface area contributed by atoms with Crippen molar-refractivity contribution in [1.82, 2.24) is 20.1 Å². The second kappa shape index (κ2) is 10.4. The lowest BCUT2D eigenvalue weighted by Crippen LogP contribution is -2.48. The minimum absolute atomic E-state index is 0.0167. The molecule has 1 aromatic carbocycles. The number of thioether (sulfide) groups is 1. The van der Waals surface area contributed by atoms with E-state index in [2.05, 4.69) is 15.2 Å². The third-order valence-corrected chi connectivity index (χ3v) is 5.81. The van der Waals surface area contributed by atoms with Gasteiger partial charge in [-0.05, 0) is 43.7 Å². The smallest absolute Gasteiger partial charge is 0.255 e. The van der Waals surface area contributed by atoms with Gasteiger partial charge in [0.05, 0.1) is 11.3 Å². The molecule has 0 saturated carbocycles. The third kappa shape index (κ3) is 6.30. The molecule has 0 spiro atoms. The first-order chi connectivity index (χ1) is 14.0. The highest BCUT2D eigenvalue weighted by atomic mass is 32.2. The maximum absolute atomic E-state index is 13.1. The molecule has 7 heteroatoms. The summed E-state index contributed by atoms with van der Waals surface area (Å²) in [6.45, 7) is 7.86. The van der Waals surface area contributed by atoms with Crippen molar-refractivity contribution in [3.63, 3.8) is 0 Å². The summed E-state index contributed by atoms with van der Waals surface area (Å²) in [5.41, 5.74) is 1.92. The molecule has 29 heavy (non-hydrogen) atoms. The van der Waals surface area contributed by atoms with Gasteiger partial charge in [-0.3, -0.25) is 19.5 Å². The molecule has 0 bridgehead atoms. The van der Waals surface area contributed by atoms with Gasteiger partial charge in [-0.2, -0.15) is 0 Å². The molecule has 154 valence electrons. The first-order valence-corrected chi connectivity index (χ1v) is 10.9. The second-order valence-corrected chi connectivity index (χ2v) is 8.45. The van der Waals surface area contributed by atoms with Gasteiger partial charge >= 0.3 is 0 Å². The Balaban J connectivity index is 1.56. The maximum atomic E-state index is 13.1. The molecule has 1 fully saturated rings. The summed E-state index contributed by atoms with van der Waals surface area (Å²) in [6.07, 6.45) is 3.62. The van der Waals surface area contributed by atoms with Crippen molar-refractivity contribution in [3.8, 4) is 0 Å².